The summed E-state index contributed by atoms with van der Waals surface area (Å²) in [7, 11) is 0. The number of likely N-dealkylation sites (tertiary alicyclic amines) is 1. The van der Waals surface area contributed by atoms with E-state index in [1.807, 2.05) is 0 Å². The van der Waals surface area contributed by atoms with E-state index >= 15 is 0 Å². The Morgan fingerprint density at radius 3 is 2.69 bits per heavy atom. The van der Waals surface area contributed by atoms with Gasteiger partial charge in [-0.05, 0) is 50.1 Å². The Bertz CT molecular complexity index is 215. The third-order valence-electron chi connectivity index (χ3n) is 4.80. The molecule has 3 atom stereocenters. The van der Waals surface area contributed by atoms with Gasteiger partial charge in [0.2, 0.25) is 0 Å². The van der Waals surface area contributed by atoms with Crippen LogP contribution in [0.15, 0.2) is 0 Å². The zero-order valence-corrected chi connectivity index (χ0v) is 11.0. The maximum atomic E-state index is 5.77. The highest BCUT2D eigenvalue weighted by molar-refractivity contribution is 4.86. The first-order valence-electron chi connectivity index (χ1n) is 7.14. The molecule has 0 spiro atoms. The van der Waals surface area contributed by atoms with Crippen LogP contribution in [0.4, 0.5) is 0 Å². The minimum Gasteiger partial charge on any atom is -0.330 e. The van der Waals surface area contributed by atoms with Crippen LogP contribution < -0.4 is 5.73 Å². The van der Waals surface area contributed by atoms with Crippen LogP contribution in [0.3, 0.4) is 0 Å². The van der Waals surface area contributed by atoms with Crippen LogP contribution in [0.2, 0.25) is 0 Å². The van der Waals surface area contributed by atoms with E-state index in [9.17, 15) is 0 Å². The molecule has 16 heavy (non-hydrogen) atoms. The lowest BCUT2D eigenvalue weighted by molar-refractivity contribution is 0.133. The summed E-state index contributed by atoms with van der Waals surface area (Å²) in [4.78, 5) is 2.73. The second-order valence-electron chi connectivity index (χ2n) is 6.21. The number of hydrogen-bond acceptors (Lipinski definition) is 2. The molecule has 0 bridgehead atoms. The van der Waals surface area contributed by atoms with Crippen molar-refractivity contribution >= 4 is 0 Å². The average Bonchev–Trinajstić information content (AvgIpc) is 2.77. The molecule has 2 fully saturated rings. The van der Waals surface area contributed by atoms with E-state index in [0.29, 0.717) is 0 Å². The Labute approximate surface area is 101 Å². The van der Waals surface area contributed by atoms with Gasteiger partial charge in [0.1, 0.15) is 0 Å². The summed E-state index contributed by atoms with van der Waals surface area (Å²) in [6.45, 7) is 8.24. The van der Waals surface area contributed by atoms with Crippen molar-refractivity contribution < 1.29 is 0 Å². The highest BCUT2D eigenvalue weighted by atomic mass is 15.2. The summed E-state index contributed by atoms with van der Waals surface area (Å²) in [6, 6.07) is 0.873. The molecular formula is C14H28N2. The minimum atomic E-state index is 0.777. The summed E-state index contributed by atoms with van der Waals surface area (Å²) >= 11 is 0. The van der Waals surface area contributed by atoms with Crippen LogP contribution in [-0.2, 0) is 0 Å². The average molecular weight is 224 g/mol. The molecule has 3 unspecified atom stereocenters. The normalized spacial score (nSPS) is 37.1. The summed E-state index contributed by atoms with van der Waals surface area (Å²) < 4.78 is 0. The van der Waals surface area contributed by atoms with E-state index in [1.54, 1.807) is 0 Å². The van der Waals surface area contributed by atoms with Crippen molar-refractivity contribution in [2.75, 3.05) is 19.6 Å². The first-order valence-corrected chi connectivity index (χ1v) is 7.14. The van der Waals surface area contributed by atoms with Crippen LogP contribution in [0.1, 0.15) is 46.0 Å². The van der Waals surface area contributed by atoms with Gasteiger partial charge in [0.05, 0.1) is 0 Å². The first kappa shape index (κ1) is 12.4. The highest BCUT2D eigenvalue weighted by Gasteiger charge is 2.32. The Kier molecular flexibility index (Phi) is 4.26. The second kappa shape index (κ2) is 5.50. The van der Waals surface area contributed by atoms with Crippen LogP contribution >= 0.6 is 0 Å². The Morgan fingerprint density at radius 1 is 1.25 bits per heavy atom. The van der Waals surface area contributed by atoms with Gasteiger partial charge in [-0.2, -0.15) is 0 Å². The molecule has 1 aliphatic carbocycles. The minimum absolute atomic E-state index is 0.777. The van der Waals surface area contributed by atoms with E-state index in [-0.39, 0.29) is 0 Å². The maximum absolute atomic E-state index is 5.77. The standard InChI is InChI=1S/C14H28N2/c1-11(2)13-4-3-5-14(8-13)16-7-6-12(9-15)10-16/h11-14H,3-10,15H2,1-2H3. The fourth-order valence-electron chi connectivity index (χ4n) is 3.52. The Balaban J connectivity index is 1.85. The van der Waals surface area contributed by atoms with Crippen molar-refractivity contribution in [3.8, 4) is 0 Å². The van der Waals surface area contributed by atoms with Gasteiger partial charge in [-0.3, -0.25) is 0 Å². The predicted molar refractivity (Wildman–Crippen MR) is 69.3 cm³/mol. The van der Waals surface area contributed by atoms with Gasteiger partial charge in [-0.1, -0.05) is 26.7 Å². The molecule has 1 saturated heterocycles. The van der Waals surface area contributed by atoms with E-state index in [2.05, 4.69) is 18.7 Å². The smallest absolute Gasteiger partial charge is 0.00981 e. The summed E-state index contributed by atoms with van der Waals surface area (Å²) in [6.07, 6.45) is 7.11. The van der Waals surface area contributed by atoms with Crippen molar-refractivity contribution in [2.45, 2.75) is 52.0 Å². The quantitative estimate of drug-likeness (QED) is 0.798. The number of rotatable bonds is 3. The monoisotopic (exact) mass is 224 g/mol. The van der Waals surface area contributed by atoms with Crippen LogP contribution in [-0.4, -0.2) is 30.6 Å². The van der Waals surface area contributed by atoms with Gasteiger partial charge in [0, 0.05) is 12.6 Å². The SMILES string of the molecule is CC(C)C1CCCC(N2CCC(CN)C2)C1. The van der Waals surface area contributed by atoms with Gasteiger partial charge >= 0.3 is 0 Å². The molecule has 2 aliphatic rings. The topological polar surface area (TPSA) is 29.3 Å². The largest absolute Gasteiger partial charge is 0.330 e. The Morgan fingerprint density at radius 2 is 2.06 bits per heavy atom. The van der Waals surface area contributed by atoms with Crippen molar-refractivity contribution in [1.29, 1.82) is 0 Å². The molecule has 2 N–H and O–H groups in total. The molecule has 94 valence electrons. The van der Waals surface area contributed by atoms with E-state index in [1.165, 1.54) is 45.2 Å². The number of nitrogens with two attached hydrogens (primary N) is 1. The van der Waals surface area contributed by atoms with E-state index in [4.69, 9.17) is 5.73 Å². The summed E-state index contributed by atoms with van der Waals surface area (Å²) in [5.74, 6) is 2.62. The highest BCUT2D eigenvalue weighted by Crippen LogP contribution is 2.34. The van der Waals surface area contributed by atoms with Crippen LogP contribution in [0, 0.1) is 17.8 Å². The molecule has 1 aliphatic heterocycles. The molecule has 0 aromatic rings. The molecule has 2 rings (SSSR count). The van der Waals surface area contributed by atoms with Gasteiger partial charge in [0.25, 0.3) is 0 Å². The fourth-order valence-corrected chi connectivity index (χ4v) is 3.52. The van der Waals surface area contributed by atoms with Gasteiger partial charge in [0.15, 0.2) is 0 Å². The molecule has 2 heteroatoms. The van der Waals surface area contributed by atoms with Crippen molar-refractivity contribution in [3.63, 3.8) is 0 Å². The number of hydrogen-bond donors (Lipinski definition) is 1. The Hall–Kier alpha value is -0.0800. The lowest BCUT2D eigenvalue weighted by Crippen LogP contribution is -2.38. The molecule has 1 saturated carbocycles. The first-order chi connectivity index (χ1) is 7.70. The van der Waals surface area contributed by atoms with Gasteiger partial charge < -0.3 is 10.6 Å². The van der Waals surface area contributed by atoms with Gasteiger partial charge in [-0.25, -0.2) is 0 Å². The lowest BCUT2D eigenvalue weighted by Gasteiger charge is -2.37. The molecule has 1 heterocycles. The molecular weight excluding hydrogens is 196 g/mol. The molecule has 0 amide bonds. The maximum Gasteiger partial charge on any atom is 0.00981 e. The third-order valence-corrected chi connectivity index (χ3v) is 4.80. The predicted octanol–water partition coefficient (Wildman–Crippen LogP) is 2.48. The van der Waals surface area contributed by atoms with Crippen LogP contribution in [0.5, 0.6) is 0 Å². The van der Waals surface area contributed by atoms with E-state index in [0.717, 1.165) is 30.3 Å². The number of nitrogens with zero attached hydrogens (tertiary/aromatic N) is 1. The van der Waals surface area contributed by atoms with Crippen LogP contribution in [0.25, 0.3) is 0 Å². The van der Waals surface area contributed by atoms with Crippen molar-refractivity contribution in [3.05, 3.63) is 0 Å². The summed E-state index contributed by atoms with van der Waals surface area (Å²) in [5.41, 5.74) is 5.77. The van der Waals surface area contributed by atoms with Crippen molar-refractivity contribution in [2.24, 2.45) is 23.5 Å². The van der Waals surface area contributed by atoms with Crippen molar-refractivity contribution in [1.82, 2.24) is 4.90 Å². The molecule has 2 nitrogen and oxygen atoms in total. The fraction of sp³-hybridized carbons (Fsp3) is 1.00. The molecule has 0 aromatic carbocycles. The van der Waals surface area contributed by atoms with E-state index < -0.39 is 0 Å². The zero-order valence-electron chi connectivity index (χ0n) is 11.0. The molecule has 0 radical (unpaired) electrons. The third kappa shape index (κ3) is 2.78. The van der Waals surface area contributed by atoms with Gasteiger partial charge in [-0.15, -0.1) is 0 Å². The lowest BCUT2D eigenvalue weighted by atomic mass is 9.79. The second-order valence-corrected chi connectivity index (χ2v) is 6.21. The zero-order chi connectivity index (χ0) is 11.5. The molecule has 0 aromatic heterocycles. The summed E-state index contributed by atoms with van der Waals surface area (Å²) in [5, 5.41) is 0.